The average Bonchev–Trinajstić information content (AvgIpc) is 2.60. The van der Waals surface area contributed by atoms with Crippen molar-refractivity contribution in [3.05, 3.63) is 12.4 Å². The molecular formula is C10H20ClN3. The number of rotatable bonds is 6. The van der Waals surface area contributed by atoms with Crippen LogP contribution in [0.3, 0.4) is 0 Å². The molecule has 0 saturated heterocycles. The number of aromatic nitrogens is 2. The fourth-order valence-corrected chi connectivity index (χ4v) is 1.24. The topological polar surface area (TPSA) is 29.9 Å². The van der Waals surface area contributed by atoms with Crippen LogP contribution in [0.1, 0.15) is 33.1 Å². The summed E-state index contributed by atoms with van der Waals surface area (Å²) in [5.41, 5.74) is 1.14. The first-order chi connectivity index (χ1) is 6.36. The van der Waals surface area contributed by atoms with E-state index in [1.807, 2.05) is 17.1 Å². The van der Waals surface area contributed by atoms with Gasteiger partial charge in [0.2, 0.25) is 0 Å². The van der Waals surface area contributed by atoms with Crippen LogP contribution < -0.4 is 5.32 Å². The summed E-state index contributed by atoms with van der Waals surface area (Å²) in [5, 5.41) is 7.54. The maximum atomic E-state index is 4.19. The molecule has 0 aromatic carbocycles. The van der Waals surface area contributed by atoms with E-state index in [0.29, 0.717) is 0 Å². The van der Waals surface area contributed by atoms with E-state index < -0.39 is 0 Å². The van der Waals surface area contributed by atoms with Crippen LogP contribution in [0.4, 0.5) is 5.69 Å². The van der Waals surface area contributed by atoms with E-state index >= 15 is 0 Å². The van der Waals surface area contributed by atoms with Crippen molar-refractivity contribution in [2.24, 2.45) is 0 Å². The number of nitrogens with one attached hydrogen (secondary N) is 1. The first kappa shape index (κ1) is 13.3. The second-order valence-corrected chi connectivity index (χ2v) is 3.22. The summed E-state index contributed by atoms with van der Waals surface area (Å²) in [6.07, 6.45) is 7.75. The molecule has 0 radical (unpaired) electrons. The first-order valence-corrected chi connectivity index (χ1v) is 5.13. The molecule has 0 atom stereocenters. The van der Waals surface area contributed by atoms with E-state index in [1.165, 1.54) is 19.3 Å². The Balaban J connectivity index is 0.00000169. The molecule has 0 unspecified atom stereocenters. The van der Waals surface area contributed by atoms with Crippen molar-refractivity contribution in [2.45, 2.75) is 39.7 Å². The molecule has 1 N–H and O–H groups in total. The van der Waals surface area contributed by atoms with Crippen LogP contribution in [0, 0.1) is 0 Å². The van der Waals surface area contributed by atoms with Crippen molar-refractivity contribution in [1.29, 1.82) is 0 Å². The third-order valence-corrected chi connectivity index (χ3v) is 2.07. The summed E-state index contributed by atoms with van der Waals surface area (Å²) < 4.78 is 1.93. The molecule has 0 aliphatic rings. The Morgan fingerprint density at radius 1 is 1.36 bits per heavy atom. The van der Waals surface area contributed by atoms with Gasteiger partial charge in [-0.05, 0) is 13.3 Å². The van der Waals surface area contributed by atoms with Crippen LogP contribution in [0.2, 0.25) is 0 Å². The lowest BCUT2D eigenvalue weighted by Gasteiger charge is -2.01. The highest BCUT2D eigenvalue weighted by molar-refractivity contribution is 5.85. The molecule has 0 bridgehead atoms. The van der Waals surface area contributed by atoms with Gasteiger partial charge in [-0.3, -0.25) is 4.68 Å². The predicted molar refractivity (Wildman–Crippen MR) is 63.2 cm³/mol. The van der Waals surface area contributed by atoms with E-state index in [9.17, 15) is 0 Å². The third kappa shape index (κ3) is 4.51. The normalized spacial score (nSPS) is 9.57. The van der Waals surface area contributed by atoms with Gasteiger partial charge in [-0.25, -0.2) is 0 Å². The van der Waals surface area contributed by atoms with Gasteiger partial charge in [0.25, 0.3) is 0 Å². The molecule has 0 amide bonds. The monoisotopic (exact) mass is 217 g/mol. The number of aryl methyl sites for hydroxylation is 1. The number of unbranched alkanes of at least 4 members (excludes halogenated alkanes) is 2. The Kier molecular flexibility index (Phi) is 7.30. The maximum Gasteiger partial charge on any atom is 0.0726 e. The van der Waals surface area contributed by atoms with Crippen molar-refractivity contribution >= 4 is 18.1 Å². The van der Waals surface area contributed by atoms with Gasteiger partial charge in [0.05, 0.1) is 11.9 Å². The van der Waals surface area contributed by atoms with Gasteiger partial charge < -0.3 is 5.32 Å². The third-order valence-electron chi connectivity index (χ3n) is 2.07. The van der Waals surface area contributed by atoms with Crippen molar-refractivity contribution < 1.29 is 0 Å². The van der Waals surface area contributed by atoms with Crippen LogP contribution in [0.15, 0.2) is 12.4 Å². The minimum absolute atomic E-state index is 0. The number of hydrogen-bond acceptors (Lipinski definition) is 2. The Labute approximate surface area is 92.3 Å². The SMILES string of the molecule is CCCCCNc1cnn(CC)c1.Cl. The van der Waals surface area contributed by atoms with Crippen LogP contribution >= 0.6 is 12.4 Å². The quantitative estimate of drug-likeness (QED) is 0.743. The number of anilines is 1. The largest absolute Gasteiger partial charge is 0.383 e. The Morgan fingerprint density at radius 2 is 2.14 bits per heavy atom. The van der Waals surface area contributed by atoms with Gasteiger partial charge in [0, 0.05) is 19.3 Å². The van der Waals surface area contributed by atoms with Crippen LogP contribution in [0.25, 0.3) is 0 Å². The average molecular weight is 218 g/mol. The summed E-state index contributed by atoms with van der Waals surface area (Å²) in [6, 6.07) is 0. The highest BCUT2D eigenvalue weighted by Gasteiger charge is 1.94. The van der Waals surface area contributed by atoms with E-state index in [-0.39, 0.29) is 12.4 Å². The van der Waals surface area contributed by atoms with Gasteiger partial charge >= 0.3 is 0 Å². The zero-order valence-corrected chi connectivity index (χ0v) is 9.81. The van der Waals surface area contributed by atoms with E-state index in [1.54, 1.807) is 0 Å². The predicted octanol–water partition coefficient (Wildman–Crippen LogP) is 2.93. The lowest BCUT2D eigenvalue weighted by molar-refractivity contribution is 0.660. The van der Waals surface area contributed by atoms with Crippen LogP contribution in [0.5, 0.6) is 0 Å². The van der Waals surface area contributed by atoms with Crippen LogP contribution in [-0.4, -0.2) is 16.3 Å². The molecule has 4 heteroatoms. The maximum absolute atomic E-state index is 4.19. The van der Waals surface area contributed by atoms with Crippen molar-refractivity contribution in [3.8, 4) is 0 Å². The van der Waals surface area contributed by atoms with Gasteiger partial charge in [0.1, 0.15) is 0 Å². The zero-order valence-electron chi connectivity index (χ0n) is 8.99. The molecule has 0 fully saturated rings. The number of hydrogen-bond donors (Lipinski definition) is 1. The molecule has 1 heterocycles. The molecule has 1 rings (SSSR count). The first-order valence-electron chi connectivity index (χ1n) is 5.13. The minimum atomic E-state index is 0. The summed E-state index contributed by atoms with van der Waals surface area (Å²) in [4.78, 5) is 0. The standard InChI is InChI=1S/C10H19N3.ClH/c1-3-5-6-7-11-10-8-12-13(4-2)9-10;/h8-9,11H,3-7H2,1-2H3;1H. The Hall–Kier alpha value is -0.700. The molecule has 1 aromatic heterocycles. The molecule has 0 aliphatic heterocycles. The smallest absolute Gasteiger partial charge is 0.0726 e. The fourth-order valence-electron chi connectivity index (χ4n) is 1.24. The zero-order chi connectivity index (χ0) is 9.52. The minimum Gasteiger partial charge on any atom is -0.383 e. The van der Waals surface area contributed by atoms with Crippen molar-refractivity contribution in [3.63, 3.8) is 0 Å². The summed E-state index contributed by atoms with van der Waals surface area (Å²) in [7, 11) is 0. The Morgan fingerprint density at radius 3 is 2.71 bits per heavy atom. The molecule has 0 aliphatic carbocycles. The molecule has 82 valence electrons. The highest BCUT2D eigenvalue weighted by Crippen LogP contribution is 2.05. The molecule has 14 heavy (non-hydrogen) atoms. The molecule has 1 aromatic rings. The van der Waals surface area contributed by atoms with Crippen molar-refractivity contribution in [1.82, 2.24) is 9.78 Å². The van der Waals surface area contributed by atoms with Crippen molar-refractivity contribution in [2.75, 3.05) is 11.9 Å². The van der Waals surface area contributed by atoms with Gasteiger partial charge in [-0.2, -0.15) is 5.10 Å². The summed E-state index contributed by atoms with van der Waals surface area (Å²) in [6.45, 7) is 6.31. The molecule has 0 spiro atoms. The van der Waals surface area contributed by atoms with E-state index in [0.717, 1.165) is 18.8 Å². The lowest BCUT2D eigenvalue weighted by atomic mass is 10.2. The highest BCUT2D eigenvalue weighted by atomic mass is 35.5. The fraction of sp³-hybridized carbons (Fsp3) is 0.700. The van der Waals surface area contributed by atoms with E-state index in [2.05, 4.69) is 24.3 Å². The second kappa shape index (κ2) is 7.68. The molecule has 0 saturated carbocycles. The second-order valence-electron chi connectivity index (χ2n) is 3.22. The Bertz CT molecular complexity index is 235. The number of halogens is 1. The molecular weight excluding hydrogens is 198 g/mol. The lowest BCUT2D eigenvalue weighted by Crippen LogP contribution is -2.00. The summed E-state index contributed by atoms with van der Waals surface area (Å²) in [5.74, 6) is 0. The number of nitrogens with zero attached hydrogens (tertiary/aromatic N) is 2. The van der Waals surface area contributed by atoms with Gasteiger partial charge in [0.15, 0.2) is 0 Å². The van der Waals surface area contributed by atoms with Gasteiger partial charge in [-0.1, -0.05) is 19.8 Å². The van der Waals surface area contributed by atoms with Crippen LogP contribution in [-0.2, 0) is 6.54 Å². The summed E-state index contributed by atoms with van der Waals surface area (Å²) >= 11 is 0. The van der Waals surface area contributed by atoms with E-state index in [4.69, 9.17) is 0 Å². The molecule has 3 nitrogen and oxygen atoms in total. The van der Waals surface area contributed by atoms with Gasteiger partial charge in [-0.15, -0.1) is 12.4 Å².